The maximum absolute atomic E-state index is 5.91. The van der Waals surface area contributed by atoms with Crippen LogP contribution in [0.3, 0.4) is 0 Å². The Morgan fingerprint density at radius 1 is 0.387 bits per heavy atom. The van der Waals surface area contributed by atoms with Gasteiger partial charge >= 0.3 is 0 Å². The van der Waals surface area contributed by atoms with Crippen LogP contribution < -0.4 is 0 Å². The van der Waals surface area contributed by atoms with Crippen molar-refractivity contribution in [1.82, 2.24) is 0 Å². The summed E-state index contributed by atoms with van der Waals surface area (Å²) in [7, 11) is 0. The summed E-state index contributed by atoms with van der Waals surface area (Å²) in [6.45, 7) is 0. The molecule has 0 aliphatic heterocycles. The predicted molar refractivity (Wildman–Crippen MR) is 201 cm³/mol. The summed E-state index contributed by atoms with van der Waals surface area (Å²) < 4.78 is 7.67. The molecular weight excluding hydrogens is 1600 g/mol. The lowest BCUT2D eigenvalue weighted by atomic mass is 10.4. The number of hydrogen-bond acceptors (Lipinski definition) is 1. The fraction of sp³-hybridized carbons (Fsp3) is 0.333. The molecule has 0 aromatic carbocycles. The van der Waals surface area contributed by atoms with Crippen LogP contribution in [0.15, 0.2) is 36.2 Å². The van der Waals surface area contributed by atoms with Crippen molar-refractivity contribution >= 4 is 287 Å². The third kappa shape index (κ3) is 11.0. The highest BCUT2D eigenvalue weighted by Gasteiger charge is 2.47. The van der Waals surface area contributed by atoms with Gasteiger partial charge in [-0.2, -0.15) is 0 Å². The molecule has 1 nitrogen and oxygen atoms in total. The minimum Gasteiger partial charge on any atom is -0.440 e. The molecule has 0 atom stereocenters. The van der Waals surface area contributed by atoms with Gasteiger partial charge in [-0.1, -0.05) is 191 Å². The Morgan fingerprint density at radius 2 is 0.613 bits per heavy atom. The van der Waals surface area contributed by atoms with Crippen molar-refractivity contribution < 1.29 is 4.74 Å². The average molecular weight is 1600 g/mol. The summed E-state index contributed by atoms with van der Waals surface area (Å²) in [5.74, 6) is 0. The standard InChI is InChI=1S/C12Br18O/c13-1(5(17)9(21,22)11(25,26)27)3(15)7(19)31-8(20)4(16)2(14)6(18)10(23,24)12(28,29)30. The molecule has 0 fully saturated rings. The summed E-state index contributed by atoms with van der Waals surface area (Å²) in [5.41, 5.74) is 0. The van der Waals surface area contributed by atoms with Crippen LogP contribution in [-0.2, 0) is 4.74 Å². The minimum atomic E-state index is -0.759. The van der Waals surface area contributed by atoms with E-state index >= 15 is 0 Å². The van der Waals surface area contributed by atoms with Gasteiger partial charge in [-0.05, 0) is 95.6 Å². The zero-order chi connectivity index (χ0) is 25.3. The van der Waals surface area contributed by atoms with E-state index in [9.17, 15) is 0 Å². The lowest BCUT2D eigenvalue weighted by Crippen LogP contribution is -2.29. The van der Waals surface area contributed by atoms with Crippen LogP contribution in [0.1, 0.15) is 0 Å². The van der Waals surface area contributed by atoms with Crippen molar-refractivity contribution in [3.05, 3.63) is 36.2 Å². The van der Waals surface area contributed by atoms with Crippen LogP contribution in [-0.4, -0.2) is 10.8 Å². The third-order valence-electron chi connectivity index (χ3n) is 2.56. The Bertz CT molecular complexity index is 751. The average Bonchev–Trinajstić information content (AvgIpc) is 2.61. The van der Waals surface area contributed by atoms with E-state index in [4.69, 9.17) is 4.74 Å². The van der Waals surface area contributed by atoms with Gasteiger partial charge in [0.15, 0.2) is 13.6 Å². The SMILES string of the molecule is BrC(OC(Br)=C(Br)C(Br)=C(Br)C(Br)(Br)C(Br)(Br)Br)=C(Br)C(Br)=C(Br)C(Br)(Br)C(Br)(Br)Br. The molecule has 0 aliphatic rings. The first-order valence-corrected chi connectivity index (χ1v) is 20.6. The van der Waals surface area contributed by atoms with E-state index < -0.39 is 10.8 Å². The van der Waals surface area contributed by atoms with E-state index in [0.717, 1.165) is 0 Å². The monoisotopic (exact) mass is 1580 g/mol. The van der Waals surface area contributed by atoms with Gasteiger partial charge in [-0.25, -0.2) is 0 Å². The highest BCUT2D eigenvalue weighted by Crippen LogP contribution is 2.61. The molecular formula is C12Br18O. The normalized spacial score (nSPS) is 17.5. The third-order valence-corrected chi connectivity index (χ3v) is 28.0. The molecule has 0 amide bonds. The van der Waals surface area contributed by atoms with Crippen LogP contribution in [0.2, 0.25) is 0 Å². The predicted octanol–water partition coefficient (Wildman–Crippen LogP) is 15.6. The van der Waals surface area contributed by atoms with Crippen molar-refractivity contribution in [2.24, 2.45) is 0 Å². The summed E-state index contributed by atoms with van der Waals surface area (Å²) in [5, 5.41) is 0. The molecule has 0 rings (SSSR count). The van der Waals surface area contributed by atoms with Crippen LogP contribution in [0.5, 0.6) is 0 Å². The van der Waals surface area contributed by atoms with Crippen molar-refractivity contribution in [2.45, 2.75) is 10.8 Å². The maximum Gasteiger partial charge on any atom is 0.185 e. The minimum absolute atomic E-state index is 0.386. The lowest BCUT2D eigenvalue weighted by Gasteiger charge is -2.30. The van der Waals surface area contributed by atoms with Gasteiger partial charge in [0.25, 0.3) is 0 Å². The van der Waals surface area contributed by atoms with E-state index in [1.54, 1.807) is 0 Å². The van der Waals surface area contributed by atoms with Crippen molar-refractivity contribution in [3.63, 3.8) is 0 Å². The molecule has 180 valence electrons. The van der Waals surface area contributed by atoms with Gasteiger partial charge in [0.05, 0.1) is 8.96 Å². The van der Waals surface area contributed by atoms with Gasteiger partial charge in [0, 0.05) is 17.9 Å². The number of ether oxygens (including phenoxy) is 1. The van der Waals surface area contributed by atoms with Gasteiger partial charge < -0.3 is 4.74 Å². The number of allylic oxidation sites excluding steroid dienone is 6. The highest BCUT2D eigenvalue weighted by molar-refractivity contribution is 9.42. The van der Waals surface area contributed by atoms with E-state index in [1.807, 2.05) is 0 Å². The molecule has 0 unspecified atom stereocenters. The molecule has 0 saturated carbocycles. The van der Waals surface area contributed by atoms with Crippen LogP contribution in [0.25, 0.3) is 0 Å². The van der Waals surface area contributed by atoms with E-state index in [0.29, 0.717) is 36.2 Å². The molecule has 0 spiro atoms. The Kier molecular flexibility index (Phi) is 19.3. The Balaban J connectivity index is 6.25. The largest absolute Gasteiger partial charge is 0.440 e. The number of rotatable bonds is 6. The molecule has 0 aromatic rings. The fourth-order valence-corrected chi connectivity index (χ4v) is 10.2. The summed E-state index contributed by atoms with van der Waals surface area (Å²) >= 11 is 63.7. The summed E-state index contributed by atoms with van der Waals surface area (Å²) in [6, 6.07) is 0. The Labute approximate surface area is 331 Å². The van der Waals surface area contributed by atoms with Crippen molar-refractivity contribution in [1.29, 1.82) is 0 Å². The van der Waals surface area contributed by atoms with Crippen molar-refractivity contribution in [2.75, 3.05) is 0 Å². The zero-order valence-electron chi connectivity index (χ0n) is 13.2. The first-order chi connectivity index (χ1) is 13.5. The van der Waals surface area contributed by atoms with E-state index in [2.05, 4.69) is 287 Å². The van der Waals surface area contributed by atoms with Crippen LogP contribution in [0.4, 0.5) is 0 Å². The van der Waals surface area contributed by atoms with Gasteiger partial charge in [-0.3, -0.25) is 0 Å². The number of hydrogen-bond donors (Lipinski definition) is 0. The van der Waals surface area contributed by atoms with E-state index in [1.165, 1.54) is 0 Å². The molecule has 0 saturated heterocycles. The first kappa shape index (κ1) is 38.4. The maximum atomic E-state index is 5.91. The van der Waals surface area contributed by atoms with Gasteiger partial charge in [-0.15, -0.1) is 0 Å². The second-order valence-electron chi connectivity index (χ2n) is 4.68. The topological polar surface area (TPSA) is 9.23 Å². The second-order valence-corrected chi connectivity index (χ2v) is 31.3. The molecule has 0 aromatic heterocycles. The second kappa shape index (κ2) is 15.6. The molecule has 0 bridgehead atoms. The Morgan fingerprint density at radius 3 is 0.806 bits per heavy atom. The fourth-order valence-electron chi connectivity index (χ4n) is 1.06. The molecule has 19 heteroatoms. The molecule has 31 heavy (non-hydrogen) atoms. The molecule has 0 aliphatic carbocycles. The number of halogens is 18. The highest BCUT2D eigenvalue weighted by atomic mass is 80.0. The molecule has 0 heterocycles. The summed E-state index contributed by atoms with van der Waals surface area (Å²) in [4.78, 5) is 0. The van der Waals surface area contributed by atoms with Gasteiger partial charge in [0.1, 0.15) is 6.47 Å². The molecule has 0 radical (unpaired) electrons. The quantitative estimate of drug-likeness (QED) is 0.146. The number of alkyl halides is 10. The van der Waals surface area contributed by atoms with Crippen molar-refractivity contribution in [3.8, 4) is 0 Å². The Hall–Kier alpha value is 7.40. The van der Waals surface area contributed by atoms with E-state index in [-0.39, 0.29) is 0 Å². The van der Waals surface area contributed by atoms with Gasteiger partial charge in [0.2, 0.25) is 0 Å². The first-order valence-electron chi connectivity index (χ1n) is 6.31. The van der Waals surface area contributed by atoms with Crippen LogP contribution in [0, 0.1) is 0 Å². The molecule has 0 N–H and O–H groups in total. The zero-order valence-corrected chi connectivity index (χ0v) is 41.8. The summed E-state index contributed by atoms with van der Waals surface area (Å²) in [6.07, 6.45) is 0. The van der Waals surface area contributed by atoms with Crippen LogP contribution >= 0.6 is 287 Å². The smallest absolute Gasteiger partial charge is 0.185 e. The lowest BCUT2D eigenvalue weighted by molar-refractivity contribution is 0.379.